The number of benzene rings is 2. The van der Waals surface area contributed by atoms with Crippen LogP contribution in [0.3, 0.4) is 0 Å². The molecule has 0 spiro atoms. The summed E-state index contributed by atoms with van der Waals surface area (Å²) in [6.45, 7) is 0.235. The van der Waals surface area contributed by atoms with Gasteiger partial charge in [0.25, 0.3) is 5.91 Å². The molecule has 1 fully saturated rings. The normalized spacial score (nSPS) is 15.0. The van der Waals surface area contributed by atoms with Gasteiger partial charge in [0.1, 0.15) is 18.1 Å². The molecule has 0 saturated carbocycles. The van der Waals surface area contributed by atoms with Crippen LogP contribution in [0.4, 0.5) is 4.79 Å². The fourth-order valence-corrected chi connectivity index (χ4v) is 2.27. The van der Waals surface area contributed by atoms with Gasteiger partial charge in [-0.15, -0.1) is 0 Å². The van der Waals surface area contributed by atoms with E-state index in [0.717, 1.165) is 5.56 Å². The molecule has 2 aromatic carbocycles. The Morgan fingerprint density at radius 2 is 1.76 bits per heavy atom. The first-order chi connectivity index (χ1) is 12.0. The molecule has 126 valence electrons. The first-order valence-electron chi connectivity index (χ1n) is 7.41. The largest absolute Gasteiger partial charge is 0.488 e. The van der Waals surface area contributed by atoms with Gasteiger partial charge in [0.2, 0.25) is 0 Å². The van der Waals surface area contributed by atoms with E-state index in [1.165, 1.54) is 18.2 Å². The van der Waals surface area contributed by atoms with Gasteiger partial charge in [-0.25, -0.2) is 9.59 Å². The zero-order valence-electron chi connectivity index (χ0n) is 13.0. The number of carboxylic acids is 1. The standard InChI is InChI=1S/C18H14N2O5/c21-16-14(19-18(24)20-16)9-13-3-1-2-4-15(13)25-10-11-5-7-12(8-6-11)17(22)23/h1-9H,10H2,(H,22,23)(H2,19,20,21,24). The number of para-hydroxylation sites is 1. The van der Waals surface area contributed by atoms with Gasteiger partial charge < -0.3 is 15.2 Å². The van der Waals surface area contributed by atoms with E-state index in [9.17, 15) is 14.4 Å². The van der Waals surface area contributed by atoms with Crippen molar-refractivity contribution in [3.8, 4) is 5.75 Å². The molecular weight excluding hydrogens is 324 g/mol. The van der Waals surface area contributed by atoms with Crippen molar-refractivity contribution in [1.82, 2.24) is 10.6 Å². The molecule has 7 heteroatoms. The maximum absolute atomic E-state index is 11.6. The van der Waals surface area contributed by atoms with Crippen LogP contribution < -0.4 is 15.4 Å². The molecule has 1 heterocycles. The van der Waals surface area contributed by atoms with E-state index in [1.54, 1.807) is 36.4 Å². The Labute approximate surface area is 142 Å². The van der Waals surface area contributed by atoms with Gasteiger partial charge >= 0.3 is 12.0 Å². The van der Waals surface area contributed by atoms with Crippen LogP contribution >= 0.6 is 0 Å². The molecular formula is C18H14N2O5. The lowest BCUT2D eigenvalue weighted by atomic mass is 10.1. The van der Waals surface area contributed by atoms with Crippen molar-refractivity contribution in [2.45, 2.75) is 6.61 Å². The van der Waals surface area contributed by atoms with E-state index >= 15 is 0 Å². The van der Waals surface area contributed by atoms with E-state index in [2.05, 4.69) is 10.6 Å². The van der Waals surface area contributed by atoms with E-state index < -0.39 is 17.9 Å². The predicted octanol–water partition coefficient (Wildman–Crippen LogP) is 2.14. The molecule has 0 aliphatic carbocycles. The molecule has 7 nitrogen and oxygen atoms in total. The summed E-state index contributed by atoms with van der Waals surface area (Å²) in [4.78, 5) is 33.6. The van der Waals surface area contributed by atoms with Crippen LogP contribution in [-0.2, 0) is 11.4 Å². The van der Waals surface area contributed by atoms with Crippen molar-refractivity contribution < 1.29 is 24.2 Å². The fraction of sp³-hybridized carbons (Fsp3) is 0.0556. The average molecular weight is 338 g/mol. The predicted molar refractivity (Wildman–Crippen MR) is 88.8 cm³/mol. The highest BCUT2D eigenvalue weighted by Gasteiger charge is 2.23. The van der Waals surface area contributed by atoms with Gasteiger partial charge in [0.15, 0.2) is 0 Å². The van der Waals surface area contributed by atoms with Crippen LogP contribution in [0.5, 0.6) is 5.75 Å². The molecule has 3 amide bonds. The maximum Gasteiger partial charge on any atom is 0.335 e. The average Bonchev–Trinajstić information content (AvgIpc) is 2.91. The van der Waals surface area contributed by atoms with Gasteiger partial charge in [0, 0.05) is 5.56 Å². The molecule has 2 aromatic rings. The number of urea groups is 1. The highest BCUT2D eigenvalue weighted by molar-refractivity contribution is 6.14. The number of carbonyl (C=O) groups excluding carboxylic acids is 2. The monoisotopic (exact) mass is 338 g/mol. The SMILES string of the molecule is O=C1NC(=O)C(=Cc2ccccc2OCc2ccc(C(=O)O)cc2)N1. The third-order valence-electron chi connectivity index (χ3n) is 3.53. The van der Waals surface area contributed by atoms with Crippen molar-refractivity contribution in [3.63, 3.8) is 0 Å². The summed E-state index contributed by atoms with van der Waals surface area (Å²) in [7, 11) is 0. The molecule has 3 rings (SSSR count). The second-order valence-electron chi connectivity index (χ2n) is 5.29. The van der Waals surface area contributed by atoms with Gasteiger partial charge in [-0.1, -0.05) is 30.3 Å². The Morgan fingerprint density at radius 3 is 2.40 bits per heavy atom. The number of hydrogen-bond acceptors (Lipinski definition) is 4. The van der Waals surface area contributed by atoms with Crippen molar-refractivity contribution in [2.75, 3.05) is 0 Å². The minimum Gasteiger partial charge on any atom is -0.488 e. The Bertz CT molecular complexity index is 871. The van der Waals surface area contributed by atoms with Gasteiger partial charge in [-0.2, -0.15) is 0 Å². The zero-order valence-corrected chi connectivity index (χ0v) is 13.0. The van der Waals surface area contributed by atoms with Crippen molar-refractivity contribution in [3.05, 3.63) is 70.9 Å². The number of ether oxygens (including phenoxy) is 1. The van der Waals surface area contributed by atoms with Crippen LogP contribution in [0, 0.1) is 0 Å². The molecule has 0 atom stereocenters. The molecule has 1 aliphatic rings. The Morgan fingerprint density at radius 1 is 1.04 bits per heavy atom. The third kappa shape index (κ3) is 3.84. The summed E-state index contributed by atoms with van der Waals surface area (Å²) < 4.78 is 5.76. The van der Waals surface area contributed by atoms with Crippen molar-refractivity contribution >= 4 is 24.0 Å². The summed E-state index contributed by atoms with van der Waals surface area (Å²) in [6, 6.07) is 12.9. The summed E-state index contributed by atoms with van der Waals surface area (Å²) in [5.74, 6) is -0.948. The highest BCUT2D eigenvalue weighted by atomic mass is 16.5. The lowest BCUT2D eigenvalue weighted by molar-refractivity contribution is -0.115. The smallest absolute Gasteiger partial charge is 0.335 e. The lowest BCUT2D eigenvalue weighted by Crippen LogP contribution is -2.22. The van der Waals surface area contributed by atoms with E-state index in [-0.39, 0.29) is 17.9 Å². The van der Waals surface area contributed by atoms with Gasteiger partial charge in [-0.3, -0.25) is 10.1 Å². The highest BCUT2D eigenvalue weighted by Crippen LogP contribution is 2.22. The Hall–Kier alpha value is -3.61. The van der Waals surface area contributed by atoms with Crippen molar-refractivity contribution in [2.24, 2.45) is 0 Å². The fourth-order valence-electron chi connectivity index (χ4n) is 2.27. The van der Waals surface area contributed by atoms with E-state index in [0.29, 0.717) is 11.3 Å². The van der Waals surface area contributed by atoms with E-state index in [1.807, 2.05) is 0 Å². The number of aromatic carboxylic acids is 1. The van der Waals surface area contributed by atoms with Gasteiger partial charge in [-0.05, 0) is 29.8 Å². The molecule has 3 N–H and O–H groups in total. The lowest BCUT2D eigenvalue weighted by Gasteiger charge is -2.10. The van der Waals surface area contributed by atoms with Crippen LogP contribution in [0.2, 0.25) is 0 Å². The van der Waals surface area contributed by atoms with Crippen LogP contribution in [0.15, 0.2) is 54.2 Å². The number of nitrogens with one attached hydrogen (secondary N) is 2. The minimum absolute atomic E-state index is 0.145. The number of rotatable bonds is 5. The first-order valence-corrected chi connectivity index (χ1v) is 7.41. The number of carboxylic acid groups (broad SMARTS) is 1. The Balaban J connectivity index is 1.75. The van der Waals surface area contributed by atoms with Crippen LogP contribution in [0.1, 0.15) is 21.5 Å². The summed E-state index contributed by atoms with van der Waals surface area (Å²) in [6.07, 6.45) is 1.53. The quantitative estimate of drug-likeness (QED) is 0.572. The number of amides is 3. The maximum atomic E-state index is 11.6. The second kappa shape index (κ2) is 6.88. The minimum atomic E-state index is -0.985. The molecule has 0 aromatic heterocycles. The van der Waals surface area contributed by atoms with Crippen LogP contribution in [0.25, 0.3) is 6.08 Å². The van der Waals surface area contributed by atoms with Crippen molar-refractivity contribution in [1.29, 1.82) is 0 Å². The summed E-state index contributed by atoms with van der Waals surface area (Å²) in [5, 5.41) is 13.4. The Kier molecular flexibility index (Phi) is 4.47. The topological polar surface area (TPSA) is 105 Å². The molecule has 0 unspecified atom stereocenters. The van der Waals surface area contributed by atoms with Crippen LogP contribution in [-0.4, -0.2) is 23.0 Å². The van der Waals surface area contributed by atoms with E-state index in [4.69, 9.17) is 9.84 Å². The number of hydrogen-bond donors (Lipinski definition) is 3. The molecule has 1 saturated heterocycles. The molecule has 0 radical (unpaired) electrons. The van der Waals surface area contributed by atoms with Gasteiger partial charge in [0.05, 0.1) is 5.56 Å². The molecule has 0 bridgehead atoms. The molecule has 25 heavy (non-hydrogen) atoms. The summed E-state index contributed by atoms with van der Waals surface area (Å²) in [5.41, 5.74) is 1.79. The molecule has 1 aliphatic heterocycles. The second-order valence-corrected chi connectivity index (χ2v) is 5.29. The zero-order chi connectivity index (χ0) is 17.8. The third-order valence-corrected chi connectivity index (χ3v) is 3.53. The number of imide groups is 1. The summed E-state index contributed by atoms with van der Waals surface area (Å²) >= 11 is 0. The first kappa shape index (κ1) is 16.3. The number of carbonyl (C=O) groups is 3.